The number of fused-ring (bicyclic) bond motifs is 1. The predicted molar refractivity (Wildman–Crippen MR) is 137 cm³/mol. The van der Waals surface area contributed by atoms with Gasteiger partial charge in [-0.15, -0.1) is 11.3 Å². The minimum Gasteiger partial charge on any atom is -0.492 e. The standard InChI is InChI=1S/C26H25F4N3O4S/c1-4-36-21-13-22(38-24(21)25(34)35-3)19-12-16(7-8-32-19)31-9-10-33-15(2)11-17-20(37-14-26(28,29)30)6-5-18(27)23(17)33/h5-8,11-13H,4,9-10,14H2,1-3H3,(H,31,32). The number of aromatic nitrogens is 2. The molecular weight excluding hydrogens is 526 g/mol. The Morgan fingerprint density at radius 2 is 1.92 bits per heavy atom. The zero-order valence-corrected chi connectivity index (χ0v) is 21.6. The lowest BCUT2D eigenvalue weighted by Crippen LogP contribution is -2.19. The summed E-state index contributed by atoms with van der Waals surface area (Å²) in [7, 11) is 1.30. The van der Waals surface area contributed by atoms with Crippen LogP contribution in [0.15, 0.2) is 42.6 Å². The number of esters is 1. The van der Waals surface area contributed by atoms with Crippen LogP contribution in [0, 0.1) is 12.7 Å². The largest absolute Gasteiger partial charge is 0.492 e. The molecule has 0 unspecified atom stereocenters. The molecule has 0 radical (unpaired) electrons. The lowest BCUT2D eigenvalue weighted by atomic mass is 10.2. The Bertz CT molecular complexity index is 1450. The van der Waals surface area contributed by atoms with Gasteiger partial charge in [0, 0.05) is 42.1 Å². The molecule has 4 aromatic rings. The van der Waals surface area contributed by atoms with Crippen LogP contribution in [0.25, 0.3) is 21.5 Å². The SMILES string of the molecule is CCOc1cc(-c2cc(NCCn3c(C)cc4c(OCC(F)(F)F)ccc(F)c43)ccn2)sc1C(=O)OC. The molecule has 12 heteroatoms. The first kappa shape index (κ1) is 27.2. The molecule has 4 rings (SSSR count). The van der Waals surface area contributed by atoms with Gasteiger partial charge in [-0.1, -0.05) is 0 Å². The number of methoxy groups -OCH3 is 1. The van der Waals surface area contributed by atoms with E-state index in [2.05, 4.69) is 10.3 Å². The summed E-state index contributed by atoms with van der Waals surface area (Å²) >= 11 is 1.21. The summed E-state index contributed by atoms with van der Waals surface area (Å²) in [5.41, 5.74) is 2.22. The van der Waals surface area contributed by atoms with Gasteiger partial charge in [-0.25, -0.2) is 9.18 Å². The van der Waals surface area contributed by atoms with E-state index >= 15 is 0 Å². The molecule has 0 aliphatic carbocycles. The average Bonchev–Trinajstić information content (AvgIpc) is 3.45. The number of thiophene rings is 1. The molecule has 0 atom stereocenters. The highest BCUT2D eigenvalue weighted by atomic mass is 32.1. The Kier molecular flexibility index (Phi) is 8.10. The van der Waals surface area contributed by atoms with Crippen LogP contribution in [0.3, 0.4) is 0 Å². The minimum absolute atomic E-state index is 0.0268. The lowest BCUT2D eigenvalue weighted by molar-refractivity contribution is -0.153. The Labute approximate surface area is 220 Å². The van der Waals surface area contributed by atoms with E-state index in [-0.39, 0.29) is 16.7 Å². The molecule has 3 aromatic heterocycles. The van der Waals surface area contributed by atoms with Crippen LogP contribution in [-0.2, 0) is 11.3 Å². The summed E-state index contributed by atoms with van der Waals surface area (Å²) in [6.45, 7) is 3.23. The number of anilines is 1. The molecule has 1 aromatic carbocycles. The molecule has 0 aliphatic heterocycles. The van der Waals surface area contributed by atoms with Crippen molar-refractivity contribution in [3.8, 4) is 22.1 Å². The first-order chi connectivity index (χ1) is 18.1. The second-order valence-electron chi connectivity index (χ2n) is 8.23. The molecule has 0 aliphatic rings. The zero-order valence-electron chi connectivity index (χ0n) is 20.8. The van der Waals surface area contributed by atoms with Crippen LogP contribution in [0.2, 0.25) is 0 Å². The van der Waals surface area contributed by atoms with Crippen molar-refractivity contribution in [1.29, 1.82) is 0 Å². The predicted octanol–water partition coefficient (Wildman–Crippen LogP) is 6.45. The summed E-state index contributed by atoms with van der Waals surface area (Å²) in [5.74, 6) is -0.647. The average molecular weight is 552 g/mol. The van der Waals surface area contributed by atoms with E-state index in [0.717, 1.165) is 16.6 Å². The first-order valence-corrected chi connectivity index (χ1v) is 12.5. The third-order valence-corrected chi connectivity index (χ3v) is 6.73. The highest BCUT2D eigenvalue weighted by Gasteiger charge is 2.29. The van der Waals surface area contributed by atoms with Crippen molar-refractivity contribution in [2.24, 2.45) is 0 Å². The van der Waals surface area contributed by atoms with Crippen molar-refractivity contribution < 1.29 is 36.6 Å². The first-order valence-electron chi connectivity index (χ1n) is 11.6. The monoisotopic (exact) mass is 551 g/mol. The molecule has 0 bridgehead atoms. The number of hydrogen-bond acceptors (Lipinski definition) is 7. The summed E-state index contributed by atoms with van der Waals surface area (Å²) in [5, 5.41) is 3.54. The number of carbonyl (C=O) groups is 1. The normalized spacial score (nSPS) is 11.6. The van der Waals surface area contributed by atoms with E-state index in [1.807, 2.05) is 13.0 Å². The third kappa shape index (κ3) is 6.01. The van der Waals surface area contributed by atoms with Crippen LogP contribution >= 0.6 is 11.3 Å². The van der Waals surface area contributed by atoms with Gasteiger partial charge in [0.05, 0.1) is 29.8 Å². The smallest absolute Gasteiger partial charge is 0.422 e. The second kappa shape index (κ2) is 11.3. The molecular formula is C26H25F4N3O4S. The topological polar surface area (TPSA) is 74.6 Å². The fraction of sp³-hybridized carbons (Fsp3) is 0.308. The highest BCUT2D eigenvalue weighted by Crippen LogP contribution is 2.37. The number of pyridine rings is 1. The summed E-state index contributed by atoms with van der Waals surface area (Å²) in [6, 6.07) is 9.24. The maximum atomic E-state index is 14.7. The summed E-state index contributed by atoms with van der Waals surface area (Å²) in [6.07, 6.45) is -2.88. The van der Waals surface area contributed by atoms with E-state index in [1.54, 1.807) is 35.9 Å². The maximum Gasteiger partial charge on any atom is 0.422 e. The molecule has 0 spiro atoms. The molecule has 0 saturated heterocycles. The van der Waals surface area contributed by atoms with Gasteiger partial charge in [0.15, 0.2) is 11.5 Å². The maximum absolute atomic E-state index is 14.7. The number of ether oxygens (including phenoxy) is 3. The number of benzene rings is 1. The number of nitrogens with one attached hydrogen (secondary N) is 1. The molecule has 3 heterocycles. The number of carbonyl (C=O) groups excluding carboxylic acids is 1. The Balaban J connectivity index is 1.51. The fourth-order valence-electron chi connectivity index (χ4n) is 4.00. The molecule has 0 amide bonds. The molecule has 7 nitrogen and oxygen atoms in total. The lowest BCUT2D eigenvalue weighted by Gasteiger charge is -2.13. The number of hydrogen-bond donors (Lipinski definition) is 1. The number of halogens is 4. The van der Waals surface area contributed by atoms with Crippen LogP contribution in [0.1, 0.15) is 22.3 Å². The van der Waals surface area contributed by atoms with Gasteiger partial charge in [0.2, 0.25) is 0 Å². The van der Waals surface area contributed by atoms with E-state index < -0.39 is 24.6 Å². The van der Waals surface area contributed by atoms with Crippen molar-refractivity contribution in [2.75, 3.05) is 32.2 Å². The number of aryl methyl sites for hydroxylation is 1. The van der Waals surface area contributed by atoms with Gasteiger partial charge in [-0.3, -0.25) is 4.98 Å². The fourth-order valence-corrected chi connectivity index (χ4v) is 4.99. The van der Waals surface area contributed by atoms with Crippen molar-refractivity contribution >= 4 is 33.9 Å². The van der Waals surface area contributed by atoms with Gasteiger partial charge in [-0.05, 0) is 44.2 Å². The van der Waals surface area contributed by atoms with Crippen molar-refractivity contribution in [3.05, 3.63) is 59.0 Å². The molecule has 202 valence electrons. The van der Waals surface area contributed by atoms with Crippen molar-refractivity contribution in [1.82, 2.24) is 9.55 Å². The van der Waals surface area contributed by atoms with Crippen LogP contribution in [0.5, 0.6) is 11.5 Å². The van der Waals surface area contributed by atoms with Crippen molar-refractivity contribution in [2.45, 2.75) is 26.6 Å². The number of alkyl halides is 3. The molecule has 1 N–H and O–H groups in total. The van der Waals surface area contributed by atoms with Gasteiger partial charge in [-0.2, -0.15) is 13.2 Å². The van der Waals surface area contributed by atoms with E-state index in [0.29, 0.717) is 41.7 Å². The Morgan fingerprint density at radius 1 is 1.13 bits per heavy atom. The quantitative estimate of drug-likeness (QED) is 0.180. The molecule has 0 saturated carbocycles. The molecule has 38 heavy (non-hydrogen) atoms. The summed E-state index contributed by atoms with van der Waals surface area (Å²) < 4.78 is 69.6. The minimum atomic E-state index is -4.50. The van der Waals surface area contributed by atoms with Crippen LogP contribution in [-0.4, -0.2) is 48.6 Å². The molecule has 0 fully saturated rings. The van der Waals surface area contributed by atoms with E-state index in [4.69, 9.17) is 14.2 Å². The number of nitrogens with zero attached hydrogens (tertiary/aromatic N) is 2. The number of rotatable bonds is 10. The van der Waals surface area contributed by atoms with Gasteiger partial charge < -0.3 is 24.1 Å². The Morgan fingerprint density at radius 3 is 2.63 bits per heavy atom. The van der Waals surface area contributed by atoms with Crippen molar-refractivity contribution in [3.63, 3.8) is 0 Å². The second-order valence-corrected chi connectivity index (χ2v) is 9.29. The van der Waals surface area contributed by atoms with Crippen LogP contribution in [0.4, 0.5) is 23.2 Å². The summed E-state index contributed by atoms with van der Waals surface area (Å²) in [4.78, 5) is 17.6. The van der Waals surface area contributed by atoms with Gasteiger partial charge in [0.1, 0.15) is 17.3 Å². The zero-order chi connectivity index (χ0) is 27.4. The van der Waals surface area contributed by atoms with E-state index in [1.165, 1.54) is 24.5 Å². The van der Waals surface area contributed by atoms with Gasteiger partial charge in [0.25, 0.3) is 0 Å². The van der Waals surface area contributed by atoms with E-state index in [9.17, 15) is 22.4 Å². The van der Waals surface area contributed by atoms with Crippen LogP contribution < -0.4 is 14.8 Å². The third-order valence-electron chi connectivity index (χ3n) is 5.61. The highest BCUT2D eigenvalue weighted by molar-refractivity contribution is 7.17. The van der Waals surface area contributed by atoms with Gasteiger partial charge >= 0.3 is 12.1 Å². The Hall–Kier alpha value is -3.80.